The Bertz CT molecular complexity index is 2940. The van der Waals surface area contributed by atoms with Gasteiger partial charge in [0.1, 0.15) is 0 Å². The van der Waals surface area contributed by atoms with Gasteiger partial charge >= 0.3 is 0 Å². The Morgan fingerprint density at radius 3 is 0.797 bits per heavy atom. The molecule has 6 heterocycles. The van der Waals surface area contributed by atoms with Gasteiger partial charge in [0.05, 0.1) is 22.8 Å². The van der Waals surface area contributed by atoms with Gasteiger partial charge in [-0.3, -0.25) is 0 Å². The molecule has 5 nitrogen and oxygen atoms in total. The molecule has 21 rings (SSSR count). The van der Waals surface area contributed by atoms with Gasteiger partial charge in [0.2, 0.25) is 0 Å². The molecule has 2 aliphatic heterocycles. The number of nitrogens with one attached hydrogen (secondary N) is 3. The Morgan fingerprint density at radius 2 is 0.525 bits per heavy atom. The summed E-state index contributed by atoms with van der Waals surface area (Å²) in [5, 5.41) is 0. The number of H-pyrrole nitrogens is 3. The van der Waals surface area contributed by atoms with Crippen LogP contribution in [0.3, 0.4) is 0 Å². The molecule has 3 N–H and O–H groups in total. The first-order chi connectivity index (χ1) is 29.2. The Labute approximate surface area is 343 Å². The molecular formula is C54H47N5. The first kappa shape index (κ1) is 31.5. The van der Waals surface area contributed by atoms with Gasteiger partial charge in [-0.15, -0.1) is 0 Å². The molecule has 0 fully saturated rings. The van der Waals surface area contributed by atoms with Crippen LogP contribution in [0.1, 0.15) is 156 Å². The van der Waals surface area contributed by atoms with E-state index in [-0.39, 0.29) is 0 Å². The van der Waals surface area contributed by atoms with Gasteiger partial charge in [-0.05, 0) is 144 Å². The second-order valence-electron chi connectivity index (χ2n) is 20.1. The van der Waals surface area contributed by atoms with Gasteiger partial charge in [0.15, 0.2) is 0 Å². The highest BCUT2D eigenvalue weighted by atomic mass is 14.9. The Hall–Kier alpha value is -5.42. The van der Waals surface area contributed by atoms with E-state index in [1.54, 1.807) is 0 Å². The summed E-state index contributed by atoms with van der Waals surface area (Å²) < 4.78 is 0. The molecule has 4 aromatic rings. The molecule has 0 radical (unpaired) electrons. The standard InChI is InChI=1S/C54H47N5/c1-2-26-4-3-25(1)43-35-21-37-45-27-5-9-29(10-6-27)47(45)39(56-37)23-41-49-31-13-17-33(18-14-31)51(49)53(58-41)54-52-34-19-15-32(16-20-34)50(52)42(59-54)24-40-48-30-11-7-28(8-12-30)46(48)38(57-40)22-36(55-35)44(26)43/h1-2,5,7,9,11,13,15,17,19,21-34,55-57H,3-4,6,8,10,12,14,16,18,20H2. The molecule has 0 saturated heterocycles. The third-order valence-corrected chi connectivity index (χ3v) is 17.4. The highest BCUT2D eigenvalue weighted by Crippen LogP contribution is 2.58. The molecule has 0 aromatic carbocycles. The van der Waals surface area contributed by atoms with Crippen LogP contribution in [0.5, 0.6) is 0 Å². The SMILES string of the molecule is C1=CC2CCC1C1=C2c2nc1cc1[nH]c(cc3[nH]c(cc4[nH]c(cc5nc2C2=C5C5C=CC2CC5)c2c4C4C=CC2CC4)c2c3C3C=CC2CC3)c2c1C1C=CC2CC1. The highest BCUT2D eigenvalue weighted by Gasteiger charge is 2.44. The van der Waals surface area contributed by atoms with E-state index >= 15 is 0 Å². The van der Waals surface area contributed by atoms with E-state index in [9.17, 15) is 0 Å². The Balaban J connectivity index is 1.09. The fourth-order valence-corrected chi connectivity index (χ4v) is 15.0. The third kappa shape index (κ3) is 3.95. The molecular weight excluding hydrogens is 719 g/mol. The van der Waals surface area contributed by atoms with Crippen LogP contribution >= 0.6 is 0 Å². The summed E-state index contributed by atoms with van der Waals surface area (Å²) in [7, 11) is 0. The van der Waals surface area contributed by atoms with Crippen molar-refractivity contribution in [3.8, 4) is 0 Å². The summed E-state index contributed by atoms with van der Waals surface area (Å²) in [5.74, 6) is 4.35. The fraction of sp³-hybridized carbons (Fsp3) is 0.370. The number of rotatable bonds is 0. The Morgan fingerprint density at radius 1 is 0.288 bits per heavy atom. The first-order valence-corrected chi connectivity index (χ1v) is 23.2. The van der Waals surface area contributed by atoms with Crippen LogP contribution in [-0.4, -0.2) is 24.9 Å². The van der Waals surface area contributed by atoms with Gasteiger partial charge in [-0.2, -0.15) is 0 Å². The summed E-state index contributed by atoms with van der Waals surface area (Å²) in [6, 6.07) is 10.00. The third-order valence-electron chi connectivity index (χ3n) is 17.4. The smallest absolute Gasteiger partial charge is 0.0938 e. The van der Waals surface area contributed by atoms with E-state index in [1.165, 1.54) is 176 Å². The summed E-state index contributed by atoms with van der Waals surface area (Å²) in [4.78, 5) is 24.1. The van der Waals surface area contributed by atoms with Crippen LogP contribution in [0.25, 0.3) is 55.4 Å². The van der Waals surface area contributed by atoms with Crippen molar-refractivity contribution in [1.29, 1.82) is 0 Å². The zero-order valence-electron chi connectivity index (χ0n) is 33.3. The number of hydrogen-bond acceptors (Lipinski definition) is 2. The van der Waals surface area contributed by atoms with Crippen LogP contribution < -0.4 is 0 Å². The van der Waals surface area contributed by atoms with Crippen molar-refractivity contribution < 1.29 is 0 Å². The second kappa shape index (κ2) is 10.8. The van der Waals surface area contributed by atoms with Gasteiger partial charge in [0.25, 0.3) is 0 Å². The minimum atomic E-state index is 0.405. The molecule has 10 unspecified atom stereocenters. The van der Waals surface area contributed by atoms with Crippen molar-refractivity contribution in [2.45, 2.75) is 99.7 Å². The number of fused-ring (bicyclic) bond motifs is 16. The first-order valence-electron chi connectivity index (χ1n) is 23.2. The van der Waals surface area contributed by atoms with Gasteiger partial charge in [-0.25, -0.2) is 9.97 Å². The average molecular weight is 766 g/mol. The molecule has 10 atom stereocenters. The van der Waals surface area contributed by atoms with Crippen LogP contribution in [0.4, 0.5) is 0 Å². The quantitative estimate of drug-likeness (QED) is 0.156. The number of aromatic nitrogens is 5. The molecule has 0 spiro atoms. The maximum Gasteiger partial charge on any atom is 0.0938 e. The zero-order valence-corrected chi connectivity index (χ0v) is 33.3. The number of aromatic amines is 3. The molecule has 17 aliphatic rings. The lowest BCUT2D eigenvalue weighted by Crippen LogP contribution is -2.20. The van der Waals surface area contributed by atoms with Crippen LogP contribution in [0.2, 0.25) is 0 Å². The largest absolute Gasteiger partial charge is 0.355 e. The van der Waals surface area contributed by atoms with Crippen molar-refractivity contribution in [1.82, 2.24) is 24.9 Å². The van der Waals surface area contributed by atoms with E-state index in [0.29, 0.717) is 59.2 Å². The topological polar surface area (TPSA) is 73.2 Å². The minimum absolute atomic E-state index is 0.405. The van der Waals surface area contributed by atoms with Gasteiger partial charge in [0, 0.05) is 92.3 Å². The molecule has 4 aromatic heterocycles. The van der Waals surface area contributed by atoms with Gasteiger partial charge < -0.3 is 15.0 Å². The maximum absolute atomic E-state index is 5.82. The van der Waals surface area contributed by atoms with Crippen molar-refractivity contribution in [2.24, 2.45) is 23.7 Å². The predicted octanol–water partition coefficient (Wildman–Crippen LogP) is 13.0. The lowest BCUT2D eigenvalue weighted by molar-refractivity contribution is 0.555. The molecule has 0 saturated carbocycles. The molecule has 59 heavy (non-hydrogen) atoms. The van der Waals surface area contributed by atoms with E-state index in [1.807, 2.05) is 0 Å². The Kier molecular flexibility index (Phi) is 5.79. The fourth-order valence-electron chi connectivity index (χ4n) is 15.0. The molecule has 20 bridgehead atoms. The summed E-state index contributed by atoms with van der Waals surface area (Å²) in [6.45, 7) is 0. The maximum atomic E-state index is 5.82. The normalized spacial score (nSPS) is 33.6. The van der Waals surface area contributed by atoms with Gasteiger partial charge in [-0.1, -0.05) is 60.8 Å². The number of nitrogens with zero attached hydrogens (tertiary/aromatic N) is 2. The van der Waals surface area contributed by atoms with Crippen molar-refractivity contribution in [2.75, 3.05) is 0 Å². The lowest BCUT2D eigenvalue weighted by Gasteiger charge is -2.34. The highest BCUT2D eigenvalue weighted by molar-refractivity contribution is 6.05. The molecule has 0 amide bonds. The van der Waals surface area contributed by atoms with E-state index in [2.05, 4.69) is 100.0 Å². The van der Waals surface area contributed by atoms with Crippen molar-refractivity contribution >= 4 is 55.4 Å². The van der Waals surface area contributed by atoms with E-state index < -0.39 is 0 Å². The van der Waals surface area contributed by atoms with Crippen LogP contribution in [0.15, 0.2) is 85.0 Å². The zero-order chi connectivity index (χ0) is 37.8. The number of allylic oxidation sites excluding steroid dienone is 14. The predicted molar refractivity (Wildman–Crippen MR) is 238 cm³/mol. The summed E-state index contributed by atoms with van der Waals surface area (Å²) in [6.07, 6.45) is 37.3. The molecule has 5 heteroatoms. The average Bonchev–Trinajstić information content (AvgIpc) is 4.14. The van der Waals surface area contributed by atoms with Crippen LogP contribution in [0, 0.1) is 23.7 Å². The van der Waals surface area contributed by atoms with Crippen molar-refractivity contribution in [3.05, 3.63) is 141 Å². The molecule has 288 valence electrons. The second-order valence-corrected chi connectivity index (χ2v) is 20.1. The molecule has 15 aliphatic carbocycles. The lowest BCUT2D eigenvalue weighted by atomic mass is 9.68. The number of hydrogen-bond donors (Lipinski definition) is 3. The monoisotopic (exact) mass is 765 g/mol. The minimum Gasteiger partial charge on any atom is -0.355 e. The van der Waals surface area contributed by atoms with Crippen LogP contribution in [-0.2, 0) is 0 Å². The van der Waals surface area contributed by atoms with Crippen molar-refractivity contribution in [3.63, 3.8) is 0 Å². The summed E-state index contributed by atoms with van der Waals surface area (Å²) in [5.41, 5.74) is 27.5. The summed E-state index contributed by atoms with van der Waals surface area (Å²) >= 11 is 0. The van der Waals surface area contributed by atoms with E-state index in [0.717, 1.165) is 0 Å². The van der Waals surface area contributed by atoms with E-state index in [4.69, 9.17) is 9.97 Å².